The molecule has 0 saturated heterocycles. The van der Waals surface area contributed by atoms with Crippen molar-refractivity contribution in [1.29, 1.82) is 0 Å². The molecule has 2 aromatic rings. The first-order chi connectivity index (χ1) is 9.43. The van der Waals surface area contributed by atoms with Gasteiger partial charge < -0.3 is 9.15 Å². The van der Waals surface area contributed by atoms with Gasteiger partial charge >= 0.3 is 5.88 Å². The molecule has 2 rings (SSSR count). The highest BCUT2D eigenvalue weighted by Crippen LogP contribution is 2.26. The Hall–Kier alpha value is -2.63. The molecule has 20 heavy (non-hydrogen) atoms. The molecule has 6 heteroatoms. The molecule has 0 aliphatic heterocycles. The minimum Gasteiger partial charge on any atom is -0.496 e. The van der Waals surface area contributed by atoms with Crippen molar-refractivity contribution >= 4 is 11.7 Å². The first-order valence-electron chi connectivity index (χ1n) is 5.88. The van der Waals surface area contributed by atoms with E-state index in [1.54, 1.807) is 19.2 Å². The van der Waals surface area contributed by atoms with E-state index in [4.69, 9.17) is 9.15 Å². The maximum absolute atomic E-state index is 12.2. The van der Waals surface area contributed by atoms with Crippen LogP contribution in [0.25, 0.3) is 0 Å². The van der Waals surface area contributed by atoms with Crippen molar-refractivity contribution in [3.8, 4) is 5.75 Å². The van der Waals surface area contributed by atoms with Gasteiger partial charge in [0.2, 0.25) is 5.78 Å². The highest BCUT2D eigenvalue weighted by Gasteiger charge is 2.20. The summed E-state index contributed by atoms with van der Waals surface area (Å²) in [5, 5.41) is 10.5. The molecule has 6 nitrogen and oxygen atoms in total. The van der Waals surface area contributed by atoms with E-state index in [0.717, 1.165) is 17.2 Å². The molecule has 0 bridgehead atoms. The van der Waals surface area contributed by atoms with Gasteiger partial charge in [0.05, 0.1) is 13.2 Å². The quantitative estimate of drug-likeness (QED) is 0.486. The largest absolute Gasteiger partial charge is 0.496 e. The molecule has 0 N–H and O–H groups in total. The number of nitro groups is 1. The molecule has 0 fully saturated rings. The number of carbonyl (C=O) groups excluding carboxylic acids is 1. The average Bonchev–Trinajstić information content (AvgIpc) is 2.87. The van der Waals surface area contributed by atoms with E-state index in [1.165, 1.54) is 6.07 Å². The maximum atomic E-state index is 12.2. The van der Waals surface area contributed by atoms with Gasteiger partial charge in [-0.05, 0) is 43.2 Å². The molecule has 0 aliphatic carbocycles. The van der Waals surface area contributed by atoms with E-state index < -0.39 is 16.6 Å². The number of rotatable bonds is 4. The van der Waals surface area contributed by atoms with E-state index in [1.807, 2.05) is 13.8 Å². The van der Waals surface area contributed by atoms with Gasteiger partial charge in [0.1, 0.15) is 10.7 Å². The average molecular weight is 275 g/mol. The zero-order chi connectivity index (χ0) is 14.9. The topological polar surface area (TPSA) is 82.6 Å². The van der Waals surface area contributed by atoms with Crippen LogP contribution in [0.3, 0.4) is 0 Å². The molecule has 0 radical (unpaired) electrons. The van der Waals surface area contributed by atoms with Crippen molar-refractivity contribution in [3.05, 3.63) is 56.8 Å². The van der Waals surface area contributed by atoms with Gasteiger partial charge in [-0.3, -0.25) is 14.9 Å². The monoisotopic (exact) mass is 275 g/mol. The number of ether oxygens (including phenoxy) is 1. The van der Waals surface area contributed by atoms with Gasteiger partial charge in [-0.25, -0.2) is 0 Å². The number of benzene rings is 1. The van der Waals surface area contributed by atoms with Crippen LogP contribution in [0.5, 0.6) is 5.75 Å². The summed E-state index contributed by atoms with van der Waals surface area (Å²) in [6.45, 7) is 3.65. The van der Waals surface area contributed by atoms with Gasteiger partial charge in [0.25, 0.3) is 0 Å². The third-order valence-corrected chi connectivity index (χ3v) is 2.92. The standard InChI is InChI=1S/C14H13NO5/c1-8-6-10(7-9(2)14(8)19-3)13(16)11-4-5-12(20-11)15(17)18/h4-7H,1-3H3. The van der Waals surface area contributed by atoms with Gasteiger partial charge in [-0.15, -0.1) is 0 Å². The van der Waals surface area contributed by atoms with Crippen LogP contribution in [0, 0.1) is 24.0 Å². The number of hydrogen-bond acceptors (Lipinski definition) is 5. The van der Waals surface area contributed by atoms with Crippen LogP contribution < -0.4 is 4.74 Å². The van der Waals surface area contributed by atoms with E-state index in [0.29, 0.717) is 11.3 Å². The smallest absolute Gasteiger partial charge is 0.433 e. The number of nitrogens with zero attached hydrogens (tertiary/aromatic N) is 1. The molecule has 0 spiro atoms. The van der Waals surface area contributed by atoms with Crippen LogP contribution in [0.2, 0.25) is 0 Å². The lowest BCUT2D eigenvalue weighted by Crippen LogP contribution is -2.02. The lowest BCUT2D eigenvalue weighted by Gasteiger charge is -2.10. The third-order valence-electron chi connectivity index (χ3n) is 2.92. The highest BCUT2D eigenvalue weighted by atomic mass is 16.6. The fraction of sp³-hybridized carbons (Fsp3) is 0.214. The van der Waals surface area contributed by atoms with Gasteiger partial charge in [0, 0.05) is 5.56 Å². The maximum Gasteiger partial charge on any atom is 0.433 e. The van der Waals surface area contributed by atoms with Crippen LogP contribution in [0.1, 0.15) is 27.2 Å². The Bertz CT molecular complexity index is 664. The fourth-order valence-electron chi connectivity index (χ4n) is 2.09. The Balaban J connectivity index is 2.40. The zero-order valence-corrected chi connectivity index (χ0v) is 11.3. The second-order valence-corrected chi connectivity index (χ2v) is 4.37. The van der Waals surface area contributed by atoms with Crippen LogP contribution in [-0.2, 0) is 0 Å². The van der Waals surface area contributed by atoms with Gasteiger partial charge in [-0.2, -0.15) is 0 Å². The van der Waals surface area contributed by atoms with Crippen molar-refractivity contribution < 1.29 is 18.9 Å². The molecule has 1 aromatic heterocycles. The summed E-state index contributed by atoms with van der Waals surface area (Å²) >= 11 is 0. The molecule has 0 aliphatic rings. The number of carbonyl (C=O) groups is 1. The minimum atomic E-state index is -0.679. The molecule has 104 valence electrons. The Morgan fingerprint density at radius 3 is 2.30 bits per heavy atom. The predicted molar refractivity (Wildman–Crippen MR) is 71.3 cm³/mol. The SMILES string of the molecule is COc1c(C)cc(C(=O)c2ccc([N+](=O)[O-])o2)cc1C. The van der Waals surface area contributed by atoms with E-state index in [2.05, 4.69) is 0 Å². The Morgan fingerprint density at radius 1 is 1.25 bits per heavy atom. The van der Waals surface area contributed by atoms with E-state index >= 15 is 0 Å². The highest BCUT2D eigenvalue weighted by molar-refractivity contribution is 6.07. The van der Waals surface area contributed by atoms with Crippen LogP contribution in [0.15, 0.2) is 28.7 Å². The summed E-state index contributed by atoms with van der Waals surface area (Å²) in [6.07, 6.45) is 0. The normalized spacial score (nSPS) is 10.3. The second-order valence-electron chi connectivity index (χ2n) is 4.37. The summed E-state index contributed by atoms with van der Waals surface area (Å²) in [5.74, 6) is -0.185. The first kappa shape index (κ1) is 13.8. The molecule has 1 aromatic carbocycles. The van der Waals surface area contributed by atoms with Gasteiger partial charge in [0.15, 0.2) is 5.76 Å². The second kappa shape index (κ2) is 5.16. The Morgan fingerprint density at radius 2 is 1.85 bits per heavy atom. The van der Waals surface area contributed by atoms with Crippen molar-refractivity contribution in [2.75, 3.05) is 7.11 Å². The Labute approximate surface area is 115 Å². The van der Waals surface area contributed by atoms with Crippen molar-refractivity contribution in [2.24, 2.45) is 0 Å². The van der Waals surface area contributed by atoms with Crippen molar-refractivity contribution in [2.45, 2.75) is 13.8 Å². The summed E-state index contributed by atoms with van der Waals surface area (Å²) in [7, 11) is 1.56. The summed E-state index contributed by atoms with van der Waals surface area (Å²) < 4.78 is 10.1. The number of methoxy groups -OCH3 is 1. The number of furan rings is 1. The van der Waals surface area contributed by atoms with Gasteiger partial charge in [-0.1, -0.05) is 0 Å². The third kappa shape index (κ3) is 2.40. The summed E-state index contributed by atoms with van der Waals surface area (Å²) in [5.41, 5.74) is 2.04. The van der Waals surface area contributed by atoms with Crippen LogP contribution >= 0.6 is 0 Å². The zero-order valence-electron chi connectivity index (χ0n) is 11.3. The molecule has 0 amide bonds. The first-order valence-corrected chi connectivity index (χ1v) is 5.88. The molecular weight excluding hydrogens is 262 g/mol. The van der Waals surface area contributed by atoms with Crippen LogP contribution in [0.4, 0.5) is 5.88 Å². The molecule has 0 saturated carbocycles. The fourth-order valence-corrected chi connectivity index (χ4v) is 2.09. The number of aryl methyl sites for hydroxylation is 2. The number of ketones is 1. The molecular formula is C14H13NO5. The van der Waals surface area contributed by atoms with Crippen molar-refractivity contribution in [3.63, 3.8) is 0 Å². The lowest BCUT2D eigenvalue weighted by molar-refractivity contribution is -0.402. The van der Waals surface area contributed by atoms with Crippen molar-refractivity contribution in [1.82, 2.24) is 0 Å². The van der Waals surface area contributed by atoms with E-state index in [-0.39, 0.29) is 5.76 Å². The summed E-state index contributed by atoms with van der Waals surface area (Å²) in [6, 6.07) is 5.80. The minimum absolute atomic E-state index is 0.0549. The number of hydrogen-bond donors (Lipinski definition) is 0. The predicted octanol–water partition coefficient (Wildman–Crippen LogP) is 3.04. The molecule has 0 unspecified atom stereocenters. The van der Waals surface area contributed by atoms with E-state index in [9.17, 15) is 14.9 Å². The van der Waals surface area contributed by atoms with Crippen LogP contribution in [-0.4, -0.2) is 17.8 Å². The summed E-state index contributed by atoms with van der Waals surface area (Å²) in [4.78, 5) is 22.1. The molecule has 1 heterocycles. The lowest BCUT2D eigenvalue weighted by atomic mass is 10.0. The Kier molecular flexibility index (Phi) is 3.56. The molecule has 0 atom stereocenters.